The molecule has 162 valence electrons. The number of nitrogens with zero attached hydrogens (tertiary/aromatic N) is 4. The normalized spacial score (nSPS) is 11.5. The van der Waals surface area contributed by atoms with E-state index < -0.39 is 27.5 Å². The minimum atomic E-state index is -3.84. The zero-order valence-corrected chi connectivity index (χ0v) is 17.4. The third-order valence-corrected chi connectivity index (χ3v) is 6.06. The Balaban J connectivity index is 1.57. The van der Waals surface area contributed by atoms with Crippen molar-refractivity contribution in [1.82, 2.24) is 14.4 Å². The molecule has 0 fully saturated rings. The van der Waals surface area contributed by atoms with E-state index >= 15 is 0 Å². The molecule has 0 bridgehead atoms. The van der Waals surface area contributed by atoms with Gasteiger partial charge in [-0.05, 0) is 31.2 Å². The lowest BCUT2D eigenvalue weighted by Crippen LogP contribution is -2.33. The lowest BCUT2D eigenvalue weighted by molar-refractivity contribution is -0.384. The first-order chi connectivity index (χ1) is 14.7. The Labute approximate surface area is 177 Å². The van der Waals surface area contributed by atoms with E-state index in [1.807, 2.05) is 6.92 Å². The molecule has 2 aromatic carbocycles. The van der Waals surface area contributed by atoms with Crippen molar-refractivity contribution in [3.05, 3.63) is 70.1 Å². The largest absolute Gasteiger partial charge is 0.455 e. The number of likely N-dealkylation sites (N-methyl/N-ethyl adjacent to an activating group) is 1. The van der Waals surface area contributed by atoms with E-state index in [-0.39, 0.29) is 28.9 Å². The number of hydrogen-bond acceptors (Lipinski definition) is 9. The first-order valence-electron chi connectivity index (χ1n) is 8.93. The molecule has 0 aliphatic rings. The van der Waals surface area contributed by atoms with Crippen LogP contribution in [-0.2, 0) is 26.2 Å². The molecular formula is C19H18N4O7S. The number of sulfonamides is 1. The Morgan fingerprint density at radius 3 is 2.42 bits per heavy atom. The van der Waals surface area contributed by atoms with Crippen LogP contribution >= 0.6 is 0 Å². The quantitative estimate of drug-likeness (QED) is 0.289. The van der Waals surface area contributed by atoms with Crippen LogP contribution in [-0.4, -0.2) is 47.3 Å². The van der Waals surface area contributed by atoms with Crippen LogP contribution < -0.4 is 0 Å². The molecular weight excluding hydrogens is 428 g/mol. The van der Waals surface area contributed by atoms with Crippen molar-refractivity contribution in [2.75, 3.05) is 13.6 Å². The fourth-order valence-electron chi connectivity index (χ4n) is 2.51. The summed E-state index contributed by atoms with van der Waals surface area (Å²) in [4.78, 5) is 26.4. The summed E-state index contributed by atoms with van der Waals surface area (Å²) in [5.74, 6) is -0.640. The summed E-state index contributed by atoms with van der Waals surface area (Å²) >= 11 is 0. The minimum Gasteiger partial charge on any atom is -0.455 e. The van der Waals surface area contributed by atoms with Gasteiger partial charge >= 0.3 is 5.97 Å². The highest BCUT2D eigenvalue weighted by Gasteiger charge is 2.24. The van der Waals surface area contributed by atoms with Crippen molar-refractivity contribution in [3.8, 4) is 11.4 Å². The molecule has 1 aromatic heterocycles. The Hall–Kier alpha value is -3.64. The number of nitro benzene ring substituents is 1. The van der Waals surface area contributed by atoms with Gasteiger partial charge in [0.05, 0.1) is 9.82 Å². The molecule has 12 heteroatoms. The molecule has 0 saturated heterocycles. The van der Waals surface area contributed by atoms with Gasteiger partial charge in [0.25, 0.3) is 11.6 Å². The molecule has 0 aliphatic heterocycles. The zero-order chi connectivity index (χ0) is 22.6. The van der Waals surface area contributed by atoms with E-state index in [4.69, 9.17) is 9.26 Å². The Morgan fingerprint density at radius 1 is 1.16 bits per heavy atom. The van der Waals surface area contributed by atoms with E-state index in [0.717, 1.165) is 9.87 Å². The van der Waals surface area contributed by atoms with Crippen molar-refractivity contribution < 1.29 is 27.4 Å². The maximum atomic E-state index is 12.5. The van der Waals surface area contributed by atoms with E-state index in [9.17, 15) is 23.3 Å². The van der Waals surface area contributed by atoms with Gasteiger partial charge in [-0.3, -0.25) is 14.9 Å². The third kappa shape index (κ3) is 5.29. The standard InChI is InChI=1S/C19H18N4O7S/c1-13-3-9-16(10-4-13)31(27,28)22(2)11-18(24)29-12-17-20-19(21-30-17)14-5-7-15(8-6-14)23(25)26/h3-10H,11-12H2,1-2H3. The number of carbonyl (C=O) groups is 1. The molecule has 0 atom stereocenters. The van der Waals surface area contributed by atoms with Gasteiger partial charge in [0.2, 0.25) is 15.8 Å². The number of non-ortho nitro benzene ring substituents is 1. The molecule has 0 unspecified atom stereocenters. The molecule has 0 spiro atoms. The Kier molecular flexibility index (Phi) is 6.42. The number of benzene rings is 2. The smallest absolute Gasteiger partial charge is 0.321 e. The predicted molar refractivity (Wildman–Crippen MR) is 107 cm³/mol. The monoisotopic (exact) mass is 446 g/mol. The molecule has 1 heterocycles. The van der Waals surface area contributed by atoms with E-state index in [1.165, 1.54) is 43.4 Å². The van der Waals surface area contributed by atoms with Crippen LogP contribution in [0, 0.1) is 17.0 Å². The summed E-state index contributed by atoms with van der Waals surface area (Å²) in [5.41, 5.74) is 1.32. The number of hydrogen-bond donors (Lipinski definition) is 0. The number of ether oxygens (including phenoxy) is 1. The van der Waals surface area contributed by atoms with Gasteiger partial charge in [-0.2, -0.15) is 9.29 Å². The number of carbonyl (C=O) groups excluding carboxylic acids is 1. The second-order valence-electron chi connectivity index (χ2n) is 6.55. The van der Waals surface area contributed by atoms with Crippen LogP contribution in [0.2, 0.25) is 0 Å². The second kappa shape index (κ2) is 9.02. The van der Waals surface area contributed by atoms with Crippen LogP contribution in [0.15, 0.2) is 57.9 Å². The van der Waals surface area contributed by atoms with Crippen molar-refractivity contribution in [1.29, 1.82) is 0 Å². The second-order valence-corrected chi connectivity index (χ2v) is 8.60. The average Bonchev–Trinajstić information content (AvgIpc) is 3.21. The lowest BCUT2D eigenvalue weighted by atomic mass is 10.2. The number of rotatable bonds is 8. The molecule has 0 N–H and O–H groups in total. The van der Waals surface area contributed by atoms with Crippen molar-refractivity contribution >= 4 is 21.7 Å². The van der Waals surface area contributed by atoms with Gasteiger partial charge in [-0.25, -0.2) is 8.42 Å². The van der Waals surface area contributed by atoms with Crippen molar-refractivity contribution in [2.24, 2.45) is 0 Å². The van der Waals surface area contributed by atoms with Crippen LogP contribution in [0.4, 0.5) is 5.69 Å². The summed E-state index contributed by atoms with van der Waals surface area (Å²) in [5, 5.41) is 14.4. The van der Waals surface area contributed by atoms with Gasteiger partial charge in [0.1, 0.15) is 6.54 Å². The summed E-state index contributed by atoms with van der Waals surface area (Å²) in [6.07, 6.45) is 0. The highest BCUT2D eigenvalue weighted by Crippen LogP contribution is 2.20. The molecule has 0 amide bonds. The first kappa shape index (κ1) is 22.1. The summed E-state index contributed by atoms with van der Waals surface area (Å²) in [7, 11) is -2.57. The fourth-order valence-corrected chi connectivity index (χ4v) is 3.62. The van der Waals surface area contributed by atoms with Crippen LogP contribution in [0.25, 0.3) is 11.4 Å². The zero-order valence-electron chi connectivity index (χ0n) is 16.6. The Bertz CT molecular complexity index is 1190. The number of esters is 1. The summed E-state index contributed by atoms with van der Waals surface area (Å²) in [6, 6.07) is 11.8. The highest BCUT2D eigenvalue weighted by molar-refractivity contribution is 7.89. The van der Waals surface area contributed by atoms with Gasteiger partial charge < -0.3 is 9.26 Å². The molecule has 11 nitrogen and oxygen atoms in total. The maximum Gasteiger partial charge on any atom is 0.321 e. The molecule has 31 heavy (non-hydrogen) atoms. The lowest BCUT2D eigenvalue weighted by Gasteiger charge is -2.16. The van der Waals surface area contributed by atoms with E-state index in [1.54, 1.807) is 12.1 Å². The van der Waals surface area contributed by atoms with E-state index in [2.05, 4.69) is 10.1 Å². The fraction of sp³-hybridized carbons (Fsp3) is 0.211. The number of aryl methyl sites for hydroxylation is 1. The van der Waals surface area contributed by atoms with Gasteiger partial charge in [-0.1, -0.05) is 22.9 Å². The topological polar surface area (TPSA) is 146 Å². The first-order valence-corrected chi connectivity index (χ1v) is 10.4. The summed E-state index contributed by atoms with van der Waals surface area (Å²) in [6.45, 7) is 0.985. The summed E-state index contributed by atoms with van der Waals surface area (Å²) < 4.78 is 35.9. The average molecular weight is 446 g/mol. The molecule has 3 rings (SSSR count). The van der Waals surface area contributed by atoms with Gasteiger partial charge in [0.15, 0.2) is 6.61 Å². The Morgan fingerprint density at radius 2 is 1.81 bits per heavy atom. The van der Waals surface area contributed by atoms with Crippen LogP contribution in [0.5, 0.6) is 0 Å². The minimum absolute atomic E-state index is 0.00857. The van der Waals surface area contributed by atoms with Gasteiger partial charge in [0, 0.05) is 24.7 Å². The molecule has 3 aromatic rings. The number of nitro groups is 1. The van der Waals surface area contributed by atoms with E-state index in [0.29, 0.717) is 5.56 Å². The predicted octanol–water partition coefficient (Wildman–Crippen LogP) is 2.32. The molecule has 0 saturated carbocycles. The van der Waals surface area contributed by atoms with Gasteiger partial charge in [-0.15, -0.1) is 0 Å². The van der Waals surface area contributed by atoms with Crippen LogP contribution in [0.3, 0.4) is 0 Å². The maximum absolute atomic E-state index is 12.5. The SMILES string of the molecule is Cc1ccc(S(=O)(=O)N(C)CC(=O)OCc2nc(-c3ccc([N+](=O)[O-])cc3)no2)cc1. The third-order valence-electron chi connectivity index (χ3n) is 4.24. The van der Waals surface area contributed by atoms with Crippen molar-refractivity contribution in [2.45, 2.75) is 18.4 Å². The number of aromatic nitrogens is 2. The van der Waals surface area contributed by atoms with Crippen molar-refractivity contribution in [3.63, 3.8) is 0 Å². The van der Waals surface area contributed by atoms with Crippen LogP contribution in [0.1, 0.15) is 11.5 Å². The molecule has 0 aliphatic carbocycles. The molecule has 0 radical (unpaired) electrons. The highest BCUT2D eigenvalue weighted by atomic mass is 32.2.